The second-order valence-corrected chi connectivity index (χ2v) is 6.07. The van der Waals surface area contributed by atoms with E-state index in [0.29, 0.717) is 13.0 Å². The average molecular weight is 295 g/mol. The molecule has 0 saturated carbocycles. The Kier molecular flexibility index (Phi) is 4.20. The fourth-order valence-electron chi connectivity index (χ4n) is 1.94. The van der Waals surface area contributed by atoms with Crippen LogP contribution in [0.4, 0.5) is 0 Å². The van der Waals surface area contributed by atoms with E-state index in [2.05, 4.69) is 10.1 Å². The number of hydrogen-bond donors (Lipinski definition) is 1. The van der Waals surface area contributed by atoms with Crippen molar-refractivity contribution in [3.05, 3.63) is 32.6 Å². The molecule has 108 valence electrons. The quantitative estimate of drug-likeness (QED) is 0.910. The molecule has 0 spiro atoms. The Balaban J connectivity index is 2.31. The van der Waals surface area contributed by atoms with Crippen LogP contribution in [0.3, 0.4) is 0 Å². The maximum absolute atomic E-state index is 11.2. The van der Waals surface area contributed by atoms with Crippen LogP contribution >= 0.6 is 11.3 Å². The minimum atomic E-state index is -0.983. The van der Waals surface area contributed by atoms with E-state index in [0.717, 1.165) is 26.9 Å². The summed E-state index contributed by atoms with van der Waals surface area (Å²) in [5, 5.41) is 13.9. The van der Waals surface area contributed by atoms with Crippen LogP contribution in [0.5, 0.6) is 0 Å². The third-order valence-electron chi connectivity index (χ3n) is 2.91. The van der Waals surface area contributed by atoms with E-state index in [1.165, 1.54) is 11.3 Å². The van der Waals surface area contributed by atoms with Crippen molar-refractivity contribution in [1.29, 1.82) is 0 Å². The number of carboxylic acid groups (broad SMARTS) is 1. The molecular formula is C13H17N3O3S. The van der Waals surface area contributed by atoms with Crippen molar-refractivity contribution in [2.45, 2.75) is 26.8 Å². The van der Waals surface area contributed by atoms with Gasteiger partial charge in [0.1, 0.15) is 5.76 Å². The standard InChI is InChI=1S/C13H17N3O3S/c1-7-9(8(2)19-15-7)5-11-14-12(13(17)18)10(20-11)6-16(3)4/h5-6H2,1-4H3,(H,17,18). The van der Waals surface area contributed by atoms with Crippen LogP contribution in [0.2, 0.25) is 0 Å². The molecule has 2 aromatic heterocycles. The molecule has 2 rings (SSSR count). The molecule has 20 heavy (non-hydrogen) atoms. The predicted octanol–water partition coefficient (Wildman–Crippen LogP) is 2.10. The predicted molar refractivity (Wildman–Crippen MR) is 75.2 cm³/mol. The molecule has 0 aliphatic carbocycles. The molecule has 0 bridgehead atoms. The van der Waals surface area contributed by atoms with E-state index >= 15 is 0 Å². The summed E-state index contributed by atoms with van der Waals surface area (Å²) in [6.45, 7) is 4.29. The van der Waals surface area contributed by atoms with Gasteiger partial charge in [0.2, 0.25) is 0 Å². The van der Waals surface area contributed by atoms with Crippen LogP contribution in [-0.2, 0) is 13.0 Å². The number of rotatable bonds is 5. The molecule has 7 heteroatoms. The molecular weight excluding hydrogens is 278 g/mol. The minimum Gasteiger partial charge on any atom is -0.476 e. The Bertz CT molecular complexity index is 611. The van der Waals surface area contributed by atoms with Gasteiger partial charge in [-0.1, -0.05) is 5.16 Å². The molecule has 0 radical (unpaired) electrons. The van der Waals surface area contributed by atoms with Gasteiger partial charge in [0.05, 0.1) is 15.6 Å². The van der Waals surface area contributed by atoms with Crippen LogP contribution in [-0.4, -0.2) is 40.2 Å². The number of nitrogens with zero attached hydrogens (tertiary/aromatic N) is 3. The van der Waals surface area contributed by atoms with E-state index in [-0.39, 0.29) is 5.69 Å². The summed E-state index contributed by atoms with van der Waals surface area (Å²) in [6.07, 6.45) is 0.555. The highest BCUT2D eigenvalue weighted by Crippen LogP contribution is 2.24. The summed E-state index contributed by atoms with van der Waals surface area (Å²) < 4.78 is 5.12. The highest BCUT2D eigenvalue weighted by atomic mass is 32.1. The van der Waals surface area contributed by atoms with Gasteiger partial charge in [-0.05, 0) is 27.9 Å². The SMILES string of the molecule is Cc1noc(C)c1Cc1nc(C(=O)O)c(CN(C)C)s1. The van der Waals surface area contributed by atoms with Crippen molar-refractivity contribution in [3.63, 3.8) is 0 Å². The van der Waals surface area contributed by atoms with Gasteiger partial charge in [-0.3, -0.25) is 0 Å². The van der Waals surface area contributed by atoms with Gasteiger partial charge in [0.15, 0.2) is 5.69 Å². The lowest BCUT2D eigenvalue weighted by Crippen LogP contribution is -2.12. The zero-order chi connectivity index (χ0) is 14.9. The average Bonchev–Trinajstić information content (AvgIpc) is 2.87. The molecule has 6 nitrogen and oxygen atoms in total. The summed E-state index contributed by atoms with van der Waals surface area (Å²) >= 11 is 1.43. The molecule has 0 fully saturated rings. The van der Waals surface area contributed by atoms with Crippen LogP contribution in [0, 0.1) is 13.8 Å². The van der Waals surface area contributed by atoms with E-state index in [1.807, 2.05) is 32.8 Å². The molecule has 0 unspecified atom stereocenters. The Hall–Kier alpha value is -1.73. The smallest absolute Gasteiger partial charge is 0.355 e. The normalized spacial score (nSPS) is 11.2. The fourth-order valence-corrected chi connectivity index (χ4v) is 3.13. The van der Waals surface area contributed by atoms with Gasteiger partial charge in [-0.15, -0.1) is 11.3 Å². The minimum absolute atomic E-state index is 0.144. The fraction of sp³-hybridized carbons (Fsp3) is 0.462. The van der Waals surface area contributed by atoms with Gasteiger partial charge in [0, 0.05) is 18.5 Å². The van der Waals surface area contributed by atoms with Gasteiger partial charge in [-0.2, -0.15) is 0 Å². The highest BCUT2D eigenvalue weighted by Gasteiger charge is 2.19. The Morgan fingerprint density at radius 2 is 2.10 bits per heavy atom. The Labute approximate surface area is 121 Å². The van der Waals surface area contributed by atoms with Crippen LogP contribution in [0.1, 0.15) is 37.4 Å². The van der Waals surface area contributed by atoms with Crippen molar-refractivity contribution < 1.29 is 14.4 Å². The topological polar surface area (TPSA) is 79.5 Å². The molecule has 0 aromatic carbocycles. The van der Waals surface area contributed by atoms with Crippen molar-refractivity contribution in [2.24, 2.45) is 0 Å². The zero-order valence-corrected chi connectivity index (χ0v) is 12.7. The first-order valence-electron chi connectivity index (χ1n) is 6.16. The van der Waals surface area contributed by atoms with Gasteiger partial charge in [0.25, 0.3) is 0 Å². The summed E-state index contributed by atoms with van der Waals surface area (Å²) in [5.74, 6) is -0.230. The number of aryl methyl sites for hydroxylation is 2. The summed E-state index contributed by atoms with van der Waals surface area (Å²) in [4.78, 5) is 18.2. The van der Waals surface area contributed by atoms with Crippen molar-refractivity contribution in [3.8, 4) is 0 Å². The van der Waals surface area contributed by atoms with Crippen molar-refractivity contribution in [2.75, 3.05) is 14.1 Å². The summed E-state index contributed by atoms with van der Waals surface area (Å²) in [5.41, 5.74) is 1.95. The maximum Gasteiger partial charge on any atom is 0.355 e. The third-order valence-corrected chi connectivity index (χ3v) is 3.95. The lowest BCUT2D eigenvalue weighted by molar-refractivity contribution is 0.0689. The van der Waals surface area contributed by atoms with Crippen LogP contribution in [0.15, 0.2) is 4.52 Å². The zero-order valence-electron chi connectivity index (χ0n) is 11.9. The number of carbonyl (C=O) groups is 1. The lowest BCUT2D eigenvalue weighted by Gasteiger charge is -2.06. The number of aromatic nitrogens is 2. The van der Waals surface area contributed by atoms with Crippen LogP contribution in [0.25, 0.3) is 0 Å². The molecule has 2 aromatic rings. The first-order valence-corrected chi connectivity index (χ1v) is 6.98. The lowest BCUT2D eigenvalue weighted by atomic mass is 10.1. The Morgan fingerprint density at radius 3 is 2.60 bits per heavy atom. The Morgan fingerprint density at radius 1 is 1.40 bits per heavy atom. The number of thiazole rings is 1. The third kappa shape index (κ3) is 3.05. The molecule has 1 N–H and O–H groups in total. The van der Waals surface area contributed by atoms with E-state index in [4.69, 9.17) is 4.52 Å². The van der Waals surface area contributed by atoms with E-state index < -0.39 is 5.97 Å². The maximum atomic E-state index is 11.2. The number of aromatic carboxylic acids is 1. The van der Waals surface area contributed by atoms with Crippen molar-refractivity contribution >= 4 is 17.3 Å². The monoisotopic (exact) mass is 295 g/mol. The molecule has 2 heterocycles. The second-order valence-electron chi connectivity index (χ2n) is 4.90. The van der Waals surface area contributed by atoms with E-state index in [1.54, 1.807) is 0 Å². The second kappa shape index (κ2) is 5.72. The number of hydrogen-bond acceptors (Lipinski definition) is 6. The molecule has 0 amide bonds. The van der Waals surface area contributed by atoms with Crippen molar-refractivity contribution in [1.82, 2.24) is 15.0 Å². The van der Waals surface area contributed by atoms with Gasteiger partial charge < -0.3 is 14.5 Å². The molecule has 0 atom stereocenters. The van der Waals surface area contributed by atoms with Crippen LogP contribution < -0.4 is 0 Å². The molecule has 0 aliphatic heterocycles. The van der Waals surface area contributed by atoms with Gasteiger partial charge in [-0.25, -0.2) is 9.78 Å². The molecule has 0 aliphatic rings. The van der Waals surface area contributed by atoms with E-state index in [9.17, 15) is 9.90 Å². The first-order chi connectivity index (χ1) is 9.38. The summed E-state index contributed by atoms with van der Waals surface area (Å²) in [6, 6.07) is 0. The largest absolute Gasteiger partial charge is 0.476 e. The van der Waals surface area contributed by atoms with Gasteiger partial charge >= 0.3 is 5.97 Å². The highest BCUT2D eigenvalue weighted by molar-refractivity contribution is 7.11. The first kappa shape index (κ1) is 14.7. The summed E-state index contributed by atoms with van der Waals surface area (Å²) in [7, 11) is 3.80. The molecule has 0 saturated heterocycles. The number of carboxylic acids is 1.